The van der Waals surface area contributed by atoms with Gasteiger partial charge in [-0.15, -0.1) is 0 Å². The van der Waals surface area contributed by atoms with Crippen molar-refractivity contribution < 1.29 is 37.1 Å². The van der Waals surface area contributed by atoms with E-state index in [0.717, 1.165) is 69.5 Å². The van der Waals surface area contributed by atoms with Crippen molar-refractivity contribution in [2.45, 2.75) is 111 Å². The minimum atomic E-state index is -4.77. The Balaban J connectivity index is 0.891. The maximum absolute atomic E-state index is 16.2. The monoisotopic (exact) mass is 1010 g/mol. The second kappa shape index (κ2) is 18.1. The molecule has 2 bridgehead atoms. The Hall–Kier alpha value is -5.99. The van der Waals surface area contributed by atoms with E-state index in [-0.39, 0.29) is 87.1 Å². The van der Waals surface area contributed by atoms with E-state index in [4.69, 9.17) is 29.7 Å². The van der Waals surface area contributed by atoms with Crippen LogP contribution in [0.3, 0.4) is 0 Å². The van der Waals surface area contributed by atoms with Gasteiger partial charge in [0.15, 0.2) is 11.4 Å². The van der Waals surface area contributed by atoms with E-state index in [1.165, 1.54) is 23.6 Å². The molecule has 1 spiro atoms. The van der Waals surface area contributed by atoms with E-state index < -0.39 is 26.4 Å². The number of piperidine rings is 1. The van der Waals surface area contributed by atoms with Crippen LogP contribution in [0.1, 0.15) is 85.8 Å². The van der Waals surface area contributed by atoms with Gasteiger partial charge in [-0.3, -0.25) is 24.7 Å². The molecule has 7 aliphatic heterocycles. The number of fused-ring (bicyclic) bond motifs is 6. The minimum absolute atomic E-state index is 0.0213. The van der Waals surface area contributed by atoms with Crippen molar-refractivity contribution in [2.75, 3.05) is 80.8 Å². The highest BCUT2D eigenvalue weighted by atomic mass is 32.2. The number of nitro benzene ring substituents is 1. The van der Waals surface area contributed by atoms with Crippen LogP contribution in [-0.4, -0.2) is 135 Å². The third-order valence-corrected chi connectivity index (χ3v) is 19.4. The highest BCUT2D eigenvalue weighted by Gasteiger charge is 2.51. The summed E-state index contributed by atoms with van der Waals surface area (Å²) in [6, 6.07) is 19.4. The average molecular weight is 1010 g/mol. The number of primary amides is 1. The number of benzene rings is 3. The van der Waals surface area contributed by atoms with Crippen LogP contribution in [0.15, 0.2) is 76.7 Å². The molecule has 0 unspecified atom stereocenters. The lowest BCUT2D eigenvalue weighted by Gasteiger charge is -2.56. The molecule has 8 aliphatic rings. The zero-order valence-electron chi connectivity index (χ0n) is 41.2. The van der Waals surface area contributed by atoms with Gasteiger partial charge in [-0.2, -0.15) is 4.98 Å². The molecule has 18 nitrogen and oxygen atoms in total. The summed E-state index contributed by atoms with van der Waals surface area (Å²) in [4.78, 5) is 43.1. The summed E-state index contributed by atoms with van der Waals surface area (Å²) in [6.45, 7) is 7.68. The second-order valence-corrected chi connectivity index (χ2v) is 23.7. The number of morpholine rings is 1. The van der Waals surface area contributed by atoms with E-state index in [1.54, 1.807) is 18.3 Å². The fourth-order valence-corrected chi connectivity index (χ4v) is 15.6. The van der Waals surface area contributed by atoms with Gasteiger partial charge in [0.25, 0.3) is 11.6 Å². The Morgan fingerprint density at radius 2 is 1.84 bits per heavy atom. The summed E-state index contributed by atoms with van der Waals surface area (Å²) in [5.41, 5.74) is 10.5. The number of nitrogens with two attached hydrogens (primary N) is 1. The fourth-order valence-electron chi connectivity index (χ4n) is 13.9. The van der Waals surface area contributed by atoms with E-state index in [2.05, 4.69) is 56.2 Å². The molecule has 1 amide bonds. The third-order valence-electron chi connectivity index (χ3n) is 17.7. The van der Waals surface area contributed by atoms with Crippen molar-refractivity contribution in [1.82, 2.24) is 19.8 Å². The number of ether oxygens (including phenoxy) is 4. The topological polar surface area (TPSA) is 211 Å². The number of H-pyrrole nitrogens is 1. The molecule has 384 valence electrons. The van der Waals surface area contributed by atoms with Gasteiger partial charge in [0.05, 0.1) is 58.7 Å². The largest absolute Gasteiger partial charge is 0.489 e. The Bertz CT molecular complexity index is 3120. The fraction of sp³-hybridized carbons (Fsp3) is 0.519. The summed E-state index contributed by atoms with van der Waals surface area (Å²) in [5.74, 6) is -0.741. The van der Waals surface area contributed by atoms with Gasteiger partial charge in [-0.25, -0.2) is 8.42 Å². The molecule has 3 aromatic carbocycles. The maximum atomic E-state index is 16.2. The van der Waals surface area contributed by atoms with Crippen LogP contribution < -0.4 is 30.3 Å². The third kappa shape index (κ3) is 8.08. The van der Waals surface area contributed by atoms with Gasteiger partial charge < -0.3 is 44.8 Å². The van der Waals surface area contributed by atoms with Gasteiger partial charge in [-0.05, 0) is 98.7 Å². The average Bonchev–Trinajstić information content (AvgIpc) is 4.22. The van der Waals surface area contributed by atoms with Crippen LogP contribution in [0, 0.1) is 21.4 Å². The standard InChI is InChI=1S/C54H63N9O9S/c1-2-32-6-3-4-7-40(32)42-8-5-16-61(42)37-24-54(25-37)13-17-59(18-14-54)43-10-9-41(51(55)64)49(62-26-34-29-69-19-12-46(34)72-53-45(62)20-33-11-15-56-52(33)58-53)50(43)73(67,68)39-22-44(63(65)66)48-47(23-39)71-30-35(57-48)27-60-28-38-21-36(60)31-70-38/h3-4,6-7,9-11,15,20,22-23,34-38,42,46,57H,2,5,8,12-14,16-19,21,24-31H2,1H3,(H2,55,64)(H,56,58)/t34-,35+,36-,38-,42+,46+/m1/s1. The number of carbonyl (C=O) groups excluding carboxylic acids is 1. The number of anilines is 4. The number of amides is 1. The summed E-state index contributed by atoms with van der Waals surface area (Å²) >= 11 is 0. The lowest BCUT2D eigenvalue weighted by Crippen LogP contribution is -2.55. The number of nitrogens with one attached hydrogen (secondary N) is 2. The zero-order chi connectivity index (χ0) is 49.8. The molecule has 1 aliphatic carbocycles. The summed E-state index contributed by atoms with van der Waals surface area (Å²) in [7, 11) is -4.77. The van der Waals surface area contributed by atoms with E-state index in [9.17, 15) is 14.9 Å². The number of aromatic nitrogens is 2. The molecule has 5 aromatic rings. The molecule has 19 heteroatoms. The Labute approximate surface area is 424 Å². The quantitative estimate of drug-likeness (QED) is 0.0888. The predicted molar refractivity (Wildman–Crippen MR) is 274 cm³/mol. The lowest BCUT2D eigenvalue weighted by molar-refractivity contribution is -0.384. The molecule has 9 heterocycles. The summed E-state index contributed by atoms with van der Waals surface area (Å²) in [6.07, 6.45) is 10.4. The van der Waals surface area contributed by atoms with Crippen LogP contribution in [0.4, 0.5) is 28.4 Å². The van der Waals surface area contributed by atoms with Crippen molar-refractivity contribution in [3.63, 3.8) is 0 Å². The van der Waals surface area contributed by atoms with Gasteiger partial charge in [0.2, 0.25) is 15.7 Å². The molecule has 6 fully saturated rings. The Morgan fingerprint density at radius 3 is 2.62 bits per heavy atom. The number of carbonyl (C=O) groups is 1. The maximum Gasteiger partial charge on any atom is 0.297 e. The van der Waals surface area contributed by atoms with Crippen molar-refractivity contribution in [3.8, 4) is 11.6 Å². The van der Waals surface area contributed by atoms with E-state index >= 15 is 8.42 Å². The molecule has 73 heavy (non-hydrogen) atoms. The number of rotatable bonds is 11. The van der Waals surface area contributed by atoms with Gasteiger partial charge in [-0.1, -0.05) is 31.2 Å². The van der Waals surface area contributed by atoms with Gasteiger partial charge in [0, 0.05) is 86.9 Å². The molecular weight excluding hydrogens is 951 g/mol. The number of aryl methyl sites for hydroxylation is 1. The van der Waals surface area contributed by atoms with Crippen molar-refractivity contribution in [3.05, 3.63) is 93.7 Å². The number of nitrogens with zero attached hydrogens (tertiary/aromatic N) is 6. The molecule has 5 saturated heterocycles. The zero-order valence-corrected chi connectivity index (χ0v) is 42.0. The van der Waals surface area contributed by atoms with Gasteiger partial charge in [0.1, 0.15) is 28.9 Å². The number of nitro groups is 1. The first-order valence-electron chi connectivity index (χ1n) is 26.3. The highest BCUT2D eigenvalue weighted by Crippen LogP contribution is 2.56. The summed E-state index contributed by atoms with van der Waals surface area (Å²) < 4.78 is 57.2. The molecule has 13 rings (SSSR count). The second-order valence-electron chi connectivity index (χ2n) is 21.8. The Morgan fingerprint density at radius 1 is 0.986 bits per heavy atom. The molecule has 0 radical (unpaired) electrons. The first kappa shape index (κ1) is 46.8. The van der Waals surface area contributed by atoms with E-state index in [1.807, 2.05) is 17.0 Å². The van der Waals surface area contributed by atoms with Crippen LogP contribution in [0.2, 0.25) is 0 Å². The van der Waals surface area contributed by atoms with Crippen molar-refractivity contribution in [1.29, 1.82) is 0 Å². The SMILES string of the molecule is CCc1ccccc1[C@@H]1CCCN1C1CC2(CCN(c3ccc(C(N)=O)c(N4C[C@@H]5COCC[C@@H]5Oc5nc6[nH]ccc6cc54)c3S(=O)(=O)c3cc4c(c([N+](=O)[O-])c3)N[C@@H](CN3C[C@H]5C[C@@H]3CO5)CO4)CC2)C1. The first-order valence-corrected chi connectivity index (χ1v) is 27.8. The number of hydrogen-bond donors (Lipinski definition) is 3. The summed E-state index contributed by atoms with van der Waals surface area (Å²) in [5, 5.41) is 17.2. The number of likely N-dealkylation sites (tertiary alicyclic amines) is 2. The minimum Gasteiger partial charge on any atom is -0.489 e. The smallest absolute Gasteiger partial charge is 0.297 e. The normalized spacial score (nSPS) is 26.9. The van der Waals surface area contributed by atoms with Crippen LogP contribution in [0.5, 0.6) is 11.6 Å². The van der Waals surface area contributed by atoms with Crippen molar-refractivity contribution >= 4 is 55.2 Å². The lowest BCUT2D eigenvalue weighted by atomic mass is 9.59. The predicted octanol–water partition coefficient (Wildman–Crippen LogP) is 7.13. The highest BCUT2D eigenvalue weighted by molar-refractivity contribution is 7.91. The van der Waals surface area contributed by atoms with Crippen molar-refractivity contribution in [2.24, 2.45) is 17.1 Å². The Kier molecular flexibility index (Phi) is 11.6. The number of hydrogen-bond acceptors (Lipinski definition) is 15. The van der Waals surface area contributed by atoms with Crippen LogP contribution in [-0.2, 0) is 25.7 Å². The van der Waals surface area contributed by atoms with Crippen LogP contribution >= 0.6 is 0 Å². The number of pyridine rings is 1. The molecule has 2 aromatic heterocycles. The van der Waals surface area contributed by atoms with Crippen LogP contribution in [0.25, 0.3) is 11.0 Å². The molecule has 1 saturated carbocycles. The molecule has 6 atom stereocenters. The van der Waals surface area contributed by atoms with Gasteiger partial charge >= 0.3 is 0 Å². The number of aromatic amines is 1. The first-order chi connectivity index (χ1) is 35.4. The molecular formula is C54H63N9O9S. The van der Waals surface area contributed by atoms with E-state index in [0.29, 0.717) is 75.0 Å². The number of sulfone groups is 1. The molecule has 4 N–H and O–H groups in total.